The number of ether oxygens (including phenoxy) is 2. The molecule has 1 N–H and O–H groups in total. The molecule has 0 fully saturated rings. The van der Waals surface area contributed by atoms with Crippen molar-refractivity contribution in [3.05, 3.63) is 34.7 Å². The normalized spacial score (nSPS) is 13.3. The van der Waals surface area contributed by atoms with E-state index in [0.29, 0.717) is 18.8 Å². The molecular formula is C14H12O4S. The second-order valence-electron chi connectivity index (χ2n) is 4.32. The van der Waals surface area contributed by atoms with Gasteiger partial charge < -0.3 is 14.6 Å². The van der Waals surface area contributed by atoms with E-state index in [9.17, 15) is 4.79 Å². The molecule has 0 atom stereocenters. The molecule has 0 radical (unpaired) electrons. The summed E-state index contributed by atoms with van der Waals surface area (Å²) in [6, 6.07) is 5.54. The Morgan fingerprint density at radius 2 is 1.89 bits per heavy atom. The zero-order chi connectivity index (χ0) is 13.4. The van der Waals surface area contributed by atoms with Crippen LogP contribution in [0.3, 0.4) is 0 Å². The summed E-state index contributed by atoms with van der Waals surface area (Å²) >= 11 is 1.42. The summed E-state index contributed by atoms with van der Waals surface area (Å²) in [6.45, 7) is 3.09. The number of rotatable bonds is 2. The van der Waals surface area contributed by atoms with Crippen LogP contribution in [0.1, 0.15) is 15.9 Å². The number of aromatic carboxylic acids is 1. The van der Waals surface area contributed by atoms with Crippen LogP contribution in [0, 0.1) is 6.92 Å². The van der Waals surface area contributed by atoms with E-state index in [0.717, 1.165) is 27.5 Å². The fourth-order valence-electron chi connectivity index (χ4n) is 2.05. The van der Waals surface area contributed by atoms with Gasteiger partial charge in [0.2, 0.25) is 0 Å². The van der Waals surface area contributed by atoms with Crippen molar-refractivity contribution < 1.29 is 19.4 Å². The molecule has 19 heavy (non-hydrogen) atoms. The van der Waals surface area contributed by atoms with Gasteiger partial charge in [0.05, 0.1) is 5.56 Å². The summed E-state index contributed by atoms with van der Waals surface area (Å²) < 4.78 is 11.1. The number of carboxylic acid groups (broad SMARTS) is 1. The minimum Gasteiger partial charge on any atom is -0.486 e. The first kappa shape index (κ1) is 12.0. The Bertz CT molecular complexity index is 645. The van der Waals surface area contributed by atoms with Crippen LogP contribution in [0.25, 0.3) is 10.4 Å². The second-order valence-corrected chi connectivity index (χ2v) is 5.23. The molecule has 2 heterocycles. The van der Waals surface area contributed by atoms with Crippen LogP contribution in [0.2, 0.25) is 0 Å². The van der Waals surface area contributed by atoms with Crippen molar-refractivity contribution in [2.45, 2.75) is 6.92 Å². The number of hydrogen-bond donors (Lipinski definition) is 1. The number of thiophene rings is 1. The Morgan fingerprint density at radius 1 is 1.21 bits per heavy atom. The van der Waals surface area contributed by atoms with Gasteiger partial charge in [0.1, 0.15) is 13.2 Å². The van der Waals surface area contributed by atoms with Crippen molar-refractivity contribution in [3.8, 4) is 21.9 Å². The molecule has 0 saturated heterocycles. The summed E-state index contributed by atoms with van der Waals surface area (Å²) in [6.07, 6.45) is 0. The first-order valence-electron chi connectivity index (χ1n) is 5.87. The molecular weight excluding hydrogens is 264 g/mol. The van der Waals surface area contributed by atoms with Gasteiger partial charge in [0, 0.05) is 10.3 Å². The van der Waals surface area contributed by atoms with E-state index in [1.54, 1.807) is 11.4 Å². The average molecular weight is 276 g/mol. The fraction of sp³-hybridized carbons (Fsp3) is 0.214. The summed E-state index contributed by atoms with van der Waals surface area (Å²) in [5.74, 6) is 0.567. The van der Waals surface area contributed by atoms with Crippen LogP contribution >= 0.6 is 11.3 Å². The van der Waals surface area contributed by atoms with E-state index < -0.39 is 5.97 Å². The van der Waals surface area contributed by atoms with Crippen LogP contribution in [0.4, 0.5) is 0 Å². The van der Waals surface area contributed by atoms with Gasteiger partial charge in [0.25, 0.3) is 0 Å². The lowest BCUT2D eigenvalue weighted by atomic mass is 10.1. The molecule has 0 spiro atoms. The molecule has 1 aliphatic rings. The molecule has 3 rings (SSSR count). The van der Waals surface area contributed by atoms with Gasteiger partial charge >= 0.3 is 5.97 Å². The van der Waals surface area contributed by atoms with E-state index in [-0.39, 0.29) is 0 Å². The number of aryl methyl sites for hydroxylation is 1. The molecule has 0 bridgehead atoms. The lowest BCUT2D eigenvalue weighted by Gasteiger charge is -2.20. The Labute approximate surface area is 114 Å². The third kappa shape index (κ3) is 2.17. The molecule has 98 valence electrons. The first-order chi connectivity index (χ1) is 9.15. The van der Waals surface area contributed by atoms with Crippen molar-refractivity contribution in [3.63, 3.8) is 0 Å². The number of carboxylic acids is 1. The Balaban J connectivity index is 2.06. The van der Waals surface area contributed by atoms with Crippen LogP contribution in [0.15, 0.2) is 23.6 Å². The monoisotopic (exact) mass is 276 g/mol. The Kier molecular flexibility index (Phi) is 2.91. The van der Waals surface area contributed by atoms with Gasteiger partial charge in [-0.25, -0.2) is 4.79 Å². The fourth-order valence-corrected chi connectivity index (χ4v) is 3.01. The number of hydrogen-bond acceptors (Lipinski definition) is 4. The van der Waals surface area contributed by atoms with Gasteiger partial charge in [-0.2, -0.15) is 0 Å². The van der Waals surface area contributed by atoms with Crippen LogP contribution in [-0.4, -0.2) is 24.3 Å². The number of benzene rings is 1. The van der Waals surface area contributed by atoms with Crippen LogP contribution in [0.5, 0.6) is 11.5 Å². The highest BCUT2D eigenvalue weighted by atomic mass is 32.1. The zero-order valence-electron chi connectivity index (χ0n) is 10.3. The predicted molar refractivity (Wildman–Crippen MR) is 72.4 cm³/mol. The zero-order valence-corrected chi connectivity index (χ0v) is 11.1. The maximum absolute atomic E-state index is 10.9. The maximum atomic E-state index is 10.9. The van der Waals surface area contributed by atoms with Crippen molar-refractivity contribution in [1.29, 1.82) is 0 Å². The number of fused-ring (bicyclic) bond motifs is 1. The molecule has 0 unspecified atom stereocenters. The summed E-state index contributed by atoms with van der Waals surface area (Å²) in [4.78, 5) is 11.8. The summed E-state index contributed by atoms with van der Waals surface area (Å²) in [7, 11) is 0. The van der Waals surface area contributed by atoms with E-state index in [1.165, 1.54) is 11.3 Å². The van der Waals surface area contributed by atoms with E-state index in [4.69, 9.17) is 14.6 Å². The minimum absolute atomic E-state index is 0.314. The maximum Gasteiger partial charge on any atom is 0.336 e. The standard InChI is InChI=1S/C14H12O4S/c1-8-4-11-12(18-3-2-17-11)6-10(8)13-5-9(7-19-13)14(15)16/h4-7H,2-3H2,1H3,(H,15,16). The minimum atomic E-state index is -0.905. The molecule has 2 aromatic rings. The SMILES string of the molecule is Cc1cc2c(cc1-c1cc(C(=O)O)cs1)OCCO2. The van der Waals surface area contributed by atoms with E-state index in [2.05, 4.69) is 0 Å². The average Bonchev–Trinajstić information content (AvgIpc) is 2.87. The topological polar surface area (TPSA) is 55.8 Å². The van der Waals surface area contributed by atoms with Crippen molar-refractivity contribution in [2.24, 2.45) is 0 Å². The highest BCUT2D eigenvalue weighted by molar-refractivity contribution is 7.13. The van der Waals surface area contributed by atoms with E-state index >= 15 is 0 Å². The molecule has 0 saturated carbocycles. The lowest BCUT2D eigenvalue weighted by molar-refractivity contribution is 0.0697. The number of carbonyl (C=O) groups is 1. The highest BCUT2D eigenvalue weighted by Gasteiger charge is 2.16. The third-order valence-corrected chi connectivity index (χ3v) is 3.96. The predicted octanol–water partition coefficient (Wildman–Crippen LogP) is 3.19. The van der Waals surface area contributed by atoms with E-state index in [1.807, 2.05) is 19.1 Å². The Morgan fingerprint density at radius 3 is 2.53 bits per heavy atom. The molecule has 1 aromatic carbocycles. The van der Waals surface area contributed by atoms with Crippen molar-refractivity contribution in [1.82, 2.24) is 0 Å². The van der Waals surface area contributed by atoms with Crippen molar-refractivity contribution in [2.75, 3.05) is 13.2 Å². The second kappa shape index (κ2) is 4.59. The quantitative estimate of drug-likeness (QED) is 0.915. The molecule has 0 amide bonds. The van der Waals surface area contributed by atoms with Gasteiger partial charge in [0.15, 0.2) is 11.5 Å². The summed E-state index contributed by atoms with van der Waals surface area (Å²) in [5, 5.41) is 10.6. The van der Waals surface area contributed by atoms with Crippen molar-refractivity contribution >= 4 is 17.3 Å². The first-order valence-corrected chi connectivity index (χ1v) is 6.75. The highest BCUT2D eigenvalue weighted by Crippen LogP contribution is 2.39. The smallest absolute Gasteiger partial charge is 0.336 e. The van der Waals surface area contributed by atoms with Gasteiger partial charge in [-0.3, -0.25) is 0 Å². The molecule has 5 heteroatoms. The van der Waals surface area contributed by atoms with Gasteiger partial charge in [-0.05, 0) is 36.2 Å². The molecule has 0 aliphatic carbocycles. The third-order valence-electron chi connectivity index (χ3n) is 3.00. The van der Waals surface area contributed by atoms with Gasteiger partial charge in [-0.1, -0.05) is 0 Å². The van der Waals surface area contributed by atoms with Gasteiger partial charge in [-0.15, -0.1) is 11.3 Å². The molecule has 1 aromatic heterocycles. The lowest BCUT2D eigenvalue weighted by Crippen LogP contribution is -2.15. The summed E-state index contributed by atoms with van der Waals surface area (Å²) in [5.41, 5.74) is 2.35. The largest absolute Gasteiger partial charge is 0.486 e. The molecule has 4 nitrogen and oxygen atoms in total. The Hall–Kier alpha value is -2.01. The van der Waals surface area contributed by atoms with Crippen LogP contribution < -0.4 is 9.47 Å². The molecule has 1 aliphatic heterocycles. The van der Waals surface area contributed by atoms with Crippen LogP contribution in [-0.2, 0) is 0 Å².